The normalized spacial score (nSPS) is 14.6. The summed E-state index contributed by atoms with van der Waals surface area (Å²) >= 11 is 0. The van der Waals surface area contributed by atoms with E-state index in [1.165, 1.54) is 0 Å². The van der Waals surface area contributed by atoms with E-state index in [4.69, 9.17) is 0 Å². The molecule has 0 amide bonds. The molecule has 0 bridgehead atoms. The number of nitrogens with one attached hydrogen (secondary N) is 1. The standard InChI is InChI=1S/C11H11N5/c1-2-4-10-9(3-1)13-7-11(14-10)15-16-6-5-12-8-16/h1-4,7-8H,5-6H2,(H,14,15). The summed E-state index contributed by atoms with van der Waals surface area (Å²) in [5.41, 5.74) is 4.94. The van der Waals surface area contributed by atoms with Gasteiger partial charge in [-0.2, -0.15) is 0 Å². The molecule has 2 heterocycles. The second-order valence-electron chi connectivity index (χ2n) is 3.57. The lowest BCUT2D eigenvalue weighted by atomic mass is 10.3. The Morgan fingerprint density at radius 3 is 2.88 bits per heavy atom. The molecule has 1 aliphatic rings. The van der Waals surface area contributed by atoms with Gasteiger partial charge in [0.05, 0.1) is 30.3 Å². The zero-order chi connectivity index (χ0) is 10.8. The molecule has 0 unspecified atom stereocenters. The maximum Gasteiger partial charge on any atom is 0.163 e. The predicted molar refractivity (Wildman–Crippen MR) is 63.2 cm³/mol. The largest absolute Gasteiger partial charge is 0.279 e. The van der Waals surface area contributed by atoms with Gasteiger partial charge in [0, 0.05) is 0 Å². The summed E-state index contributed by atoms with van der Waals surface area (Å²) in [4.78, 5) is 12.9. The van der Waals surface area contributed by atoms with Gasteiger partial charge in [-0.05, 0) is 12.1 Å². The Morgan fingerprint density at radius 1 is 1.19 bits per heavy atom. The second-order valence-corrected chi connectivity index (χ2v) is 3.57. The average Bonchev–Trinajstić information content (AvgIpc) is 2.82. The van der Waals surface area contributed by atoms with Gasteiger partial charge in [0.25, 0.3) is 0 Å². The SMILES string of the molecule is C1=NCCN1Nc1cnc2ccccc2n1. The third kappa shape index (κ3) is 1.67. The number of anilines is 1. The van der Waals surface area contributed by atoms with Crippen LogP contribution < -0.4 is 5.43 Å². The lowest BCUT2D eigenvalue weighted by Gasteiger charge is -2.15. The van der Waals surface area contributed by atoms with Crippen molar-refractivity contribution >= 4 is 23.2 Å². The average molecular weight is 213 g/mol. The van der Waals surface area contributed by atoms with Crippen molar-refractivity contribution in [3.63, 3.8) is 0 Å². The number of nitrogens with zero attached hydrogens (tertiary/aromatic N) is 4. The molecule has 16 heavy (non-hydrogen) atoms. The molecule has 0 saturated heterocycles. The van der Waals surface area contributed by atoms with Gasteiger partial charge in [0.15, 0.2) is 5.82 Å². The number of aliphatic imine (C=N–C) groups is 1. The molecular formula is C11H11N5. The molecule has 5 heteroatoms. The van der Waals surface area contributed by atoms with Gasteiger partial charge in [0.2, 0.25) is 0 Å². The lowest BCUT2D eigenvalue weighted by Crippen LogP contribution is -2.27. The van der Waals surface area contributed by atoms with Gasteiger partial charge >= 0.3 is 0 Å². The first kappa shape index (κ1) is 9.08. The molecule has 1 aromatic heterocycles. The number of hydrazine groups is 1. The fourth-order valence-electron chi connectivity index (χ4n) is 1.62. The molecule has 0 saturated carbocycles. The van der Waals surface area contributed by atoms with E-state index in [0.717, 1.165) is 29.9 Å². The van der Waals surface area contributed by atoms with E-state index in [2.05, 4.69) is 20.4 Å². The number of hydrogen-bond acceptors (Lipinski definition) is 5. The van der Waals surface area contributed by atoms with Gasteiger partial charge in [-0.3, -0.25) is 20.4 Å². The molecule has 2 aromatic rings. The summed E-state index contributed by atoms with van der Waals surface area (Å²) in [7, 11) is 0. The quantitative estimate of drug-likeness (QED) is 0.817. The van der Waals surface area contributed by atoms with Gasteiger partial charge in [-0.1, -0.05) is 12.1 Å². The molecule has 80 valence electrons. The maximum atomic E-state index is 4.46. The zero-order valence-corrected chi connectivity index (χ0v) is 8.67. The monoisotopic (exact) mass is 213 g/mol. The first-order valence-electron chi connectivity index (χ1n) is 5.17. The summed E-state index contributed by atoms with van der Waals surface area (Å²) in [5, 5.41) is 1.90. The van der Waals surface area contributed by atoms with Crippen molar-refractivity contribution in [2.45, 2.75) is 0 Å². The van der Waals surface area contributed by atoms with E-state index in [0.29, 0.717) is 0 Å². The van der Waals surface area contributed by atoms with Crippen molar-refractivity contribution < 1.29 is 0 Å². The molecule has 1 aliphatic heterocycles. The van der Waals surface area contributed by atoms with Crippen LogP contribution in [0.2, 0.25) is 0 Å². The van der Waals surface area contributed by atoms with E-state index in [1.54, 1.807) is 12.5 Å². The molecule has 0 spiro atoms. The highest BCUT2D eigenvalue weighted by atomic mass is 15.5. The van der Waals surface area contributed by atoms with Crippen molar-refractivity contribution in [2.75, 3.05) is 18.5 Å². The zero-order valence-electron chi connectivity index (χ0n) is 8.67. The predicted octanol–water partition coefficient (Wildman–Crippen LogP) is 1.30. The first-order valence-corrected chi connectivity index (χ1v) is 5.17. The summed E-state index contributed by atoms with van der Waals surface area (Å²) in [6, 6.07) is 7.81. The maximum absolute atomic E-state index is 4.46. The summed E-state index contributed by atoms with van der Waals surface area (Å²) < 4.78 is 0. The van der Waals surface area contributed by atoms with Crippen LogP contribution in [-0.4, -0.2) is 34.4 Å². The van der Waals surface area contributed by atoms with Crippen LogP contribution >= 0.6 is 0 Å². The fraction of sp³-hybridized carbons (Fsp3) is 0.182. The Bertz CT molecular complexity index is 537. The highest BCUT2D eigenvalue weighted by Crippen LogP contribution is 2.11. The van der Waals surface area contributed by atoms with E-state index >= 15 is 0 Å². The van der Waals surface area contributed by atoms with Crippen LogP contribution in [0.4, 0.5) is 5.82 Å². The fourth-order valence-corrected chi connectivity index (χ4v) is 1.62. The number of para-hydroxylation sites is 2. The second kappa shape index (κ2) is 3.77. The molecule has 0 aliphatic carbocycles. The third-order valence-electron chi connectivity index (χ3n) is 2.40. The van der Waals surface area contributed by atoms with Crippen LogP contribution in [0.3, 0.4) is 0 Å². The van der Waals surface area contributed by atoms with Crippen LogP contribution in [0.15, 0.2) is 35.5 Å². The van der Waals surface area contributed by atoms with Crippen LogP contribution in [0.1, 0.15) is 0 Å². The van der Waals surface area contributed by atoms with E-state index in [9.17, 15) is 0 Å². The highest BCUT2D eigenvalue weighted by molar-refractivity contribution is 5.75. The van der Waals surface area contributed by atoms with Gasteiger partial charge in [0.1, 0.15) is 6.34 Å². The van der Waals surface area contributed by atoms with Crippen LogP contribution in [-0.2, 0) is 0 Å². The minimum atomic E-state index is 0.743. The Hall–Kier alpha value is -2.17. The van der Waals surface area contributed by atoms with Crippen LogP contribution in [0.5, 0.6) is 0 Å². The van der Waals surface area contributed by atoms with Gasteiger partial charge < -0.3 is 0 Å². The van der Waals surface area contributed by atoms with Crippen molar-refractivity contribution in [1.29, 1.82) is 0 Å². The Labute approximate surface area is 92.8 Å². The lowest BCUT2D eigenvalue weighted by molar-refractivity contribution is 0.554. The van der Waals surface area contributed by atoms with Crippen molar-refractivity contribution in [1.82, 2.24) is 15.0 Å². The number of fused-ring (bicyclic) bond motifs is 1. The molecule has 1 aromatic carbocycles. The Balaban J connectivity index is 1.89. The molecule has 1 N–H and O–H groups in total. The van der Waals surface area contributed by atoms with Crippen LogP contribution in [0.25, 0.3) is 11.0 Å². The number of hydrogen-bond donors (Lipinski definition) is 1. The van der Waals surface area contributed by atoms with E-state index in [1.807, 2.05) is 29.3 Å². The van der Waals surface area contributed by atoms with Crippen LogP contribution in [0, 0.1) is 0 Å². The molecule has 0 fully saturated rings. The molecule has 0 radical (unpaired) electrons. The van der Waals surface area contributed by atoms with Crippen molar-refractivity contribution in [3.05, 3.63) is 30.5 Å². The topological polar surface area (TPSA) is 53.4 Å². The van der Waals surface area contributed by atoms with E-state index in [-0.39, 0.29) is 0 Å². The molecule has 3 rings (SSSR count). The minimum absolute atomic E-state index is 0.743. The smallest absolute Gasteiger partial charge is 0.163 e. The van der Waals surface area contributed by atoms with Crippen molar-refractivity contribution in [2.24, 2.45) is 4.99 Å². The highest BCUT2D eigenvalue weighted by Gasteiger charge is 2.06. The summed E-state index contributed by atoms with van der Waals surface area (Å²) in [5.74, 6) is 0.743. The van der Waals surface area contributed by atoms with Gasteiger partial charge in [-0.15, -0.1) is 0 Å². The molecule has 0 atom stereocenters. The summed E-state index contributed by atoms with van der Waals surface area (Å²) in [6.45, 7) is 1.70. The number of benzene rings is 1. The van der Waals surface area contributed by atoms with E-state index < -0.39 is 0 Å². The Morgan fingerprint density at radius 2 is 2.06 bits per heavy atom. The number of aromatic nitrogens is 2. The van der Waals surface area contributed by atoms with Gasteiger partial charge in [-0.25, -0.2) is 4.98 Å². The summed E-state index contributed by atoms with van der Waals surface area (Å²) in [6.07, 6.45) is 3.51. The minimum Gasteiger partial charge on any atom is -0.279 e. The third-order valence-corrected chi connectivity index (χ3v) is 2.40. The molecule has 5 nitrogen and oxygen atoms in total. The first-order chi connectivity index (χ1) is 7.92. The Kier molecular flexibility index (Phi) is 2.14. The molecular weight excluding hydrogens is 202 g/mol. The number of rotatable bonds is 2. The van der Waals surface area contributed by atoms with Crippen molar-refractivity contribution in [3.8, 4) is 0 Å².